The minimum atomic E-state index is -0.329. The number of imidazole rings is 1. The minimum absolute atomic E-state index is 0.163. The molecule has 5 heteroatoms. The molecule has 0 bridgehead atoms. The van der Waals surface area contributed by atoms with Crippen LogP contribution in [0.5, 0.6) is 0 Å². The first-order valence-electron chi connectivity index (χ1n) is 5.77. The summed E-state index contributed by atoms with van der Waals surface area (Å²) in [5.41, 5.74) is 6.97. The van der Waals surface area contributed by atoms with E-state index in [0.29, 0.717) is 18.1 Å². The van der Waals surface area contributed by atoms with E-state index in [4.69, 9.17) is 10.5 Å². The third kappa shape index (κ3) is 1.67. The van der Waals surface area contributed by atoms with Crippen LogP contribution in [-0.4, -0.2) is 22.8 Å². The van der Waals surface area contributed by atoms with E-state index in [2.05, 4.69) is 4.98 Å². The summed E-state index contributed by atoms with van der Waals surface area (Å²) in [5, 5.41) is 0. The Balaban J connectivity index is 2.14. The van der Waals surface area contributed by atoms with Crippen LogP contribution in [0, 0.1) is 5.82 Å². The summed E-state index contributed by atoms with van der Waals surface area (Å²) in [6.45, 7) is 1.41. The maximum atomic E-state index is 13.6. The van der Waals surface area contributed by atoms with Crippen LogP contribution in [0.25, 0.3) is 11.0 Å². The monoisotopic (exact) mass is 235 g/mol. The molecule has 1 unspecified atom stereocenters. The molecule has 1 aliphatic rings. The summed E-state index contributed by atoms with van der Waals surface area (Å²) >= 11 is 0. The summed E-state index contributed by atoms with van der Waals surface area (Å²) < 4.78 is 20.9. The summed E-state index contributed by atoms with van der Waals surface area (Å²) in [5.74, 6) is 0.0327. The van der Waals surface area contributed by atoms with Crippen molar-refractivity contribution >= 4 is 17.0 Å². The molecule has 0 amide bonds. The standard InChI is InChI=1S/C12H14FN3O/c13-9-4-1-5-10-11(9)15-12(14)16(10)8-3-2-6-17-7-8/h1,4-5,8H,2-3,6-7H2,(H2,14,15). The molecule has 0 spiro atoms. The van der Waals surface area contributed by atoms with Gasteiger partial charge in [-0.1, -0.05) is 6.07 Å². The molecular weight excluding hydrogens is 221 g/mol. The SMILES string of the molecule is Nc1nc2c(F)cccc2n1C1CCCOC1. The van der Waals surface area contributed by atoms with Crippen molar-refractivity contribution < 1.29 is 9.13 Å². The topological polar surface area (TPSA) is 53.1 Å². The van der Waals surface area contributed by atoms with Crippen LogP contribution >= 0.6 is 0 Å². The van der Waals surface area contributed by atoms with Gasteiger partial charge in [-0.15, -0.1) is 0 Å². The minimum Gasteiger partial charge on any atom is -0.379 e. The predicted molar refractivity (Wildman–Crippen MR) is 63.2 cm³/mol. The smallest absolute Gasteiger partial charge is 0.201 e. The van der Waals surface area contributed by atoms with Gasteiger partial charge in [0.25, 0.3) is 0 Å². The first-order chi connectivity index (χ1) is 8.27. The van der Waals surface area contributed by atoms with Crippen LogP contribution in [0.4, 0.5) is 10.3 Å². The zero-order chi connectivity index (χ0) is 11.8. The van der Waals surface area contributed by atoms with E-state index in [1.165, 1.54) is 6.07 Å². The van der Waals surface area contributed by atoms with Gasteiger partial charge in [-0.25, -0.2) is 9.37 Å². The van der Waals surface area contributed by atoms with Gasteiger partial charge in [0.05, 0.1) is 18.2 Å². The molecule has 2 N–H and O–H groups in total. The quantitative estimate of drug-likeness (QED) is 0.823. The highest BCUT2D eigenvalue weighted by Crippen LogP contribution is 2.28. The van der Waals surface area contributed by atoms with Crippen LogP contribution in [0.1, 0.15) is 18.9 Å². The summed E-state index contributed by atoms with van der Waals surface area (Å²) in [6, 6.07) is 5.08. The average Bonchev–Trinajstić information content (AvgIpc) is 2.68. The van der Waals surface area contributed by atoms with E-state index in [0.717, 1.165) is 25.0 Å². The normalized spacial score (nSPS) is 20.9. The van der Waals surface area contributed by atoms with E-state index in [1.54, 1.807) is 6.07 Å². The number of hydrogen-bond acceptors (Lipinski definition) is 3. The summed E-state index contributed by atoms with van der Waals surface area (Å²) in [6.07, 6.45) is 1.99. The number of halogens is 1. The van der Waals surface area contributed by atoms with Crippen molar-refractivity contribution in [2.45, 2.75) is 18.9 Å². The van der Waals surface area contributed by atoms with Gasteiger partial charge < -0.3 is 15.0 Å². The van der Waals surface area contributed by atoms with Gasteiger partial charge in [-0.2, -0.15) is 0 Å². The number of nitrogen functional groups attached to an aromatic ring is 1. The predicted octanol–water partition coefficient (Wildman–Crippen LogP) is 2.11. The number of rotatable bonds is 1. The first-order valence-corrected chi connectivity index (χ1v) is 5.77. The van der Waals surface area contributed by atoms with Crippen LogP contribution in [-0.2, 0) is 4.74 Å². The maximum absolute atomic E-state index is 13.6. The molecule has 1 aromatic heterocycles. The highest BCUT2D eigenvalue weighted by Gasteiger charge is 2.21. The molecule has 90 valence electrons. The van der Waals surface area contributed by atoms with Gasteiger partial charge >= 0.3 is 0 Å². The van der Waals surface area contributed by atoms with Crippen molar-refractivity contribution in [2.75, 3.05) is 18.9 Å². The Morgan fingerprint density at radius 2 is 2.35 bits per heavy atom. The summed E-state index contributed by atoms with van der Waals surface area (Å²) in [4.78, 5) is 4.10. The molecule has 0 saturated carbocycles. The average molecular weight is 235 g/mol. The van der Waals surface area contributed by atoms with E-state index in [1.807, 2.05) is 10.6 Å². The third-order valence-corrected chi connectivity index (χ3v) is 3.20. The van der Waals surface area contributed by atoms with Crippen molar-refractivity contribution in [3.8, 4) is 0 Å². The lowest BCUT2D eigenvalue weighted by Gasteiger charge is -2.24. The van der Waals surface area contributed by atoms with E-state index >= 15 is 0 Å². The van der Waals surface area contributed by atoms with Gasteiger partial charge in [0, 0.05) is 6.61 Å². The molecule has 2 heterocycles. The Hall–Kier alpha value is -1.62. The molecule has 1 atom stereocenters. The first kappa shape index (κ1) is 10.5. The number of ether oxygens (including phenoxy) is 1. The molecule has 0 aliphatic carbocycles. The van der Waals surface area contributed by atoms with Crippen LogP contribution in [0.15, 0.2) is 18.2 Å². The highest BCUT2D eigenvalue weighted by molar-refractivity contribution is 5.79. The van der Waals surface area contributed by atoms with E-state index < -0.39 is 0 Å². The Morgan fingerprint density at radius 1 is 1.47 bits per heavy atom. The third-order valence-electron chi connectivity index (χ3n) is 3.20. The molecule has 3 rings (SSSR count). The number of fused-ring (bicyclic) bond motifs is 1. The lowest BCUT2D eigenvalue weighted by Crippen LogP contribution is -2.22. The number of hydrogen-bond donors (Lipinski definition) is 1. The van der Waals surface area contributed by atoms with E-state index in [9.17, 15) is 4.39 Å². The van der Waals surface area contributed by atoms with Gasteiger partial charge in [-0.3, -0.25) is 0 Å². The Bertz CT molecular complexity index is 546. The molecule has 17 heavy (non-hydrogen) atoms. The lowest BCUT2D eigenvalue weighted by atomic mass is 10.1. The van der Waals surface area contributed by atoms with Gasteiger partial charge in [0.15, 0.2) is 5.82 Å². The summed E-state index contributed by atoms with van der Waals surface area (Å²) in [7, 11) is 0. The Kier molecular flexibility index (Phi) is 2.48. The van der Waals surface area contributed by atoms with E-state index in [-0.39, 0.29) is 11.9 Å². The van der Waals surface area contributed by atoms with Crippen LogP contribution in [0.3, 0.4) is 0 Å². The molecule has 2 aromatic rings. The van der Waals surface area contributed by atoms with Crippen molar-refractivity contribution in [3.63, 3.8) is 0 Å². The second-order valence-electron chi connectivity index (χ2n) is 4.32. The van der Waals surface area contributed by atoms with Gasteiger partial charge in [0.1, 0.15) is 5.52 Å². The highest BCUT2D eigenvalue weighted by atomic mass is 19.1. The fourth-order valence-electron chi connectivity index (χ4n) is 2.41. The number of aromatic nitrogens is 2. The van der Waals surface area contributed by atoms with Gasteiger partial charge in [-0.05, 0) is 25.0 Å². The number of nitrogens with two attached hydrogens (primary N) is 1. The number of nitrogens with zero attached hydrogens (tertiary/aromatic N) is 2. The Labute approximate surface area is 98.2 Å². The van der Waals surface area contributed by atoms with Crippen LogP contribution in [0.2, 0.25) is 0 Å². The van der Waals surface area contributed by atoms with Crippen molar-refractivity contribution in [1.29, 1.82) is 0 Å². The number of anilines is 1. The van der Waals surface area contributed by atoms with Crippen molar-refractivity contribution in [3.05, 3.63) is 24.0 Å². The zero-order valence-electron chi connectivity index (χ0n) is 9.40. The molecule has 1 aliphatic heterocycles. The van der Waals surface area contributed by atoms with Crippen molar-refractivity contribution in [2.24, 2.45) is 0 Å². The molecule has 1 saturated heterocycles. The second-order valence-corrected chi connectivity index (χ2v) is 4.32. The second kappa shape index (κ2) is 4.00. The maximum Gasteiger partial charge on any atom is 0.201 e. The van der Waals surface area contributed by atoms with Crippen LogP contribution < -0.4 is 5.73 Å². The fraction of sp³-hybridized carbons (Fsp3) is 0.417. The molecule has 4 nitrogen and oxygen atoms in total. The Morgan fingerprint density at radius 3 is 3.12 bits per heavy atom. The number of benzene rings is 1. The fourth-order valence-corrected chi connectivity index (χ4v) is 2.41. The molecule has 1 aromatic carbocycles. The molecular formula is C12H14FN3O. The van der Waals surface area contributed by atoms with Crippen molar-refractivity contribution in [1.82, 2.24) is 9.55 Å². The lowest BCUT2D eigenvalue weighted by molar-refractivity contribution is 0.0611. The van der Waals surface area contributed by atoms with Gasteiger partial charge in [0.2, 0.25) is 5.95 Å². The molecule has 0 radical (unpaired) electrons. The molecule has 1 fully saturated rings. The zero-order valence-corrected chi connectivity index (χ0v) is 9.40. The number of para-hydroxylation sites is 1. The largest absolute Gasteiger partial charge is 0.379 e.